The first kappa shape index (κ1) is 18.4. The van der Waals surface area contributed by atoms with Crippen LogP contribution in [0, 0.1) is 11.7 Å². The SMILES string of the molecule is CN(C)C[C@H]1CCN(C(=O)NCc2c(F)cccc2OC(F)F)C1. The molecule has 134 valence electrons. The molecular formula is C16H22F3N3O2. The van der Waals surface area contributed by atoms with Crippen LogP contribution in [0.1, 0.15) is 12.0 Å². The maximum atomic E-state index is 13.8. The van der Waals surface area contributed by atoms with Crippen molar-refractivity contribution in [3.63, 3.8) is 0 Å². The number of hydrogen-bond donors (Lipinski definition) is 1. The number of likely N-dealkylation sites (tertiary alicyclic amines) is 1. The number of halogens is 3. The van der Waals surface area contributed by atoms with Crippen molar-refractivity contribution in [3.05, 3.63) is 29.6 Å². The van der Waals surface area contributed by atoms with E-state index in [1.165, 1.54) is 12.1 Å². The molecule has 0 radical (unpaired) electrons. The van der Waals surface area contributed by atoms with E-state index < -0.39 is 12.4 Å². The Morgan fingerprint density at radius 2 is 2.21 bits per heavy atom. The van der Waals surface area contributed by atoms with Crippen LogP contribution in [-0.4, -0.2) is 56.2 Å². The number of ether oxygens (including phenoxy) is 1. The van der Waals surface area contributed by atoms with Crippen LogP contribution in [0.25, 0.3) is 0 Å². The summed E-state index contributed by atoms with van der Waals surface area (Å²) >= 11 is 0. The van der Waals surface area contributed by atoms with Crippen LogP contribution in [0.4, 0.5) is 18.0 Å². The van der Waals surface area contributed by atoms with E-state index in [1.54, 1.807) is 4.90 Å². The van der Waals surface area contributed by atoms with Crippen LogP contribution < -0.4 is 10.1 Å². The molecule has 5 nitrogen and oxygen atoms in total. The number of alkyl halides is 2. The van der Waals surface area contributed by atoms with Gasteiger partial charge in [0.2, 0.25) is 0 Å². The van der Waals surface area contributed by atoms with Crippen molar-refractivity contribution in [2.45, 2.75) is 19.6 Å². The average Bonchev–Trinajstić information content (AvgIpc) is 2.93. The smallest absolute Gasteiger partial charge is 0.387 e. The highest BCUT2D eigenvalue weighted by molar-refractivity contribution is 5.74. The molecule has 8 heteroatoms. The minimum atomic E-state index is -3.05. The lowest BCUT2D eigenvalue weighted by atomic mass is 10.1. The van der Waals surface area contributed by atoms with Crippen molar-refractivity contribution >= 4 is 6.03 Å². The number of rotatable bonds is 6. The van der Waals surface area contributed by atoms with Crippen LogP contribution in [0.15, 0.2) is 18.2 Å². The van der Waals surface area contributed by atoms with Crippen LogP contribution in [-0.2, 0) is 6.54 Å². The molecule has 1 aliphatic rings. The molecule has 0 aliphatic carbocycles. The second-order valence-corrected chi connectivity index (χ2v) is 6.12. The molecule has 1 N–H and O–H groups in total. The van der Waals surface area contributed by atoms with E-state index in [0.29, 0.717) is 19.0 Å². The Kier molecular flexibility index (Phi) is 6.30. The van der Waals surface area contributed by atoms with E-state index in [1.807, 2.05) is 14.1 Å². The minimum absolute atomic E-state index is 0.0878. The van der Waals surface area contributed by atoms with Crippen molar-refractivity contribution in [2.75, 3.05) is 33.7 Å². The molecule has 1 atom stereocenters. The van der Waals surface area contributed by atoms with E-state index in [4.69, 9.17) is 0 Å². The summed E-state index contributed by atoms with van der Waals surface area (Å²) in [5.74, 6) is -0.561. The zero-order valence-electron chi connectivity index (χ0n) is 13.8. The lowest BCUT2D eigenvalue weighted by Crippen LogP contribution is -2.39. The van der Waals surface area contributed by atoms with Gasteiger partial charge in [0.1, 0.15) is 11.6 Å². The fourth-order valence-electron chi connectivity index (χ4n) is 2.88. The number of amides is 2. The van der Waals surface area contributed by atoms with Gasteiger partial charge in [-0.3, -0.25) is 0 Å². The molecule has 1 heterocycles. The molecule has 0 spiro atoms. The van der Waals surface area contributed by atoms with Gasteiger partial charge in [-0.15, -0.1) is 0 Å². The molecule has 1 aliphatic heterocycles. The molecule has 24 heavy (non-hydrogen) atoms. The van der Waals surface area contributed by atoms with Crippen molar-refractivity contribution < 1.29 is 22.7 Å². The minimum Gasteiger partial charge on any atom is -0.434 e. The summed E-state index contributed by atoms with van der Waals surface area (Å²) in [6, 6.07) is 3.34. The van der Waals surface area contributed by atoms with Crippen LogP contribution in [0.2, 0.25) is 0 Å². The fourth-order valence-corrected chi connectivity index (χ4v) is 2.88. The van der Waals surface area contributed by atoms with Crippen molar-refractivity contribution in [1.82, 2.24) is 15.1 Å². The van der Waals surface area contributed by atoms with Crippen LogP contribution >= 0.6 is 0 Å². The van der Waals surface area contributed by atoms with Gasteiger partial charge in [-0.2, -0.15) is 8.78 Å². The van der Waals surface area contributed by atoms with Crippen molar-refractivity contribution in [2.24, 2.45) is 5.92 Å². The Morgan fingerprint density at radius 1 is 1.46 bits per heavy atom. The Bertz CT molecular complexity index is 569. The molecule has 1 fully saturated rings. The van der Waals surface area contributed by atoms with Crippen LogP contribution in [0.3, 0.4) is 0 Å². The van der Waals surface area contributed by atoms with Gasteiger partial charge in [-0.25, -0.2) is 9.18 Å². The third kappa shape index (κ3) is 5.02. The zero-order chi connectivity index (χ0) is 17.7. The van der Waals surface area contributed by atoms with E-state index >= 15 is 0 Å². The summed E-state index contributed by atoms with van der Waals surface area (Å²) in [6.45, 7) is -1.11. The molecule has 0 aromatic heterocycles. The van der Waals surface area contributed by atoms with Gasteiger partial charge in [-0.1, -0.05) is 6.07 Å². The molecule has 0 bridgehead atoms. The van der Waals surface area contributed by atoms with E-state index in [0.717, 1.165) is 19.0 Å². The number of benzene rings is 1. The summed E-state index contributed by atoms with van der Waals surface area (Å²) in [4.78, 5) is 15.9. The first-order valence-electron chi connectivity index (χ1n) is 7.76. The van der Waals surface area contributed by atoms with E-state index in [9.17, 15) is 18.0 Å². The number of carbonyl (C=O) groups is 1. The largest absolute Gasteiger partial charge is 0.434 e. The van der Waals surface area contributed by atoms with E-state index in [-0.39, 0.29) is 23.9 Å². The Labute approximate surface area is 139 Å². The Morgan fingerprint density at radius 3 is 2.88 bits per heavy atom. The maximum absolute atomic E-state index is 13.8. The normalized spacial score (nSPS) is 17.6. The molecular weight excluding hydrogens is 323 g/mol. The third-order valence-electron chi connectivity index (χ3n) is 3.90. The van der Waals surface area contributed by atoms with Crippen molar-refractivity contribution in [1.29, 1.82) is 0 Å². The standard InChI is InChI=1S/C16H22F3N3O2/c1-21(2)9-11-6-7-22(10-11)16(23)20-8-12-13(17)4-3-5-14(12)24-15(18)19/h3-5,11,15H,6-10H2,1-2H3,(H,20,23)/t11-/m1/s1. The molecule has 1 saturated heterocycles. The van der Waals surface area contributed by atoms with Gasteiger partial charge in [-0.05, 0) is 38.6 Å². The summed E-state index contributed by atoms with van der Waals surface area (Å²) in [5.41, 5.74) is -0.0878. The summed E-state index contributed by atoms with van der Waals surface area (Å²) in [5, 5.41) is 2.58. The number of hydrogen-bond acceptors (Lipinski definition) is 3. The van der Waals surface area contributed by atoms with Gasteiger partial charge in [0.25, 0.3) is 0 Å². The second kappa shape index (κ2) is 8.23. The second-order valence-electron chi connectivity index (χ2n) is 6.12. The maximum Gasteiger partial charge on any atom is 0.387 e. The molecule has 1 aromatic rings. The first-order chi connectivity index (χ1) is 11.4. The highest BCUT2D eigenvalue weighted by atomic mass is 19.3. The van der Waals surface area contributed by atoms with Gasteiger partial charge >= 0.3 is 12.6 Å². The average molecular weight is 345 g/mol. The van der Waals surface area contributed by atoms with Gasteiger partial charge < -0.3 is 19.9 Å². The fraction of sp³-hybridized carbons (Fsp3) is 0.562. The lowest BCUT2D eigenvalue weighted by Gasteiger charge is -2.19. The predicted molar refractivity (Wildman–Crippen MR) is 83.5 cm³/mol. The number of urea groups is 1. The Hall–Kier alpha value is -1.96. The van der Waals surface area contributed by atoms with E-state index in [2.05, 4.69) is 15.0 Å². The highest BCUT2D eigenvalue weighted by Crippen LogP contribution is 2.23. The van der Waals surface area contributed by atoms with Crippen molar-refractivity contribution in [3.8, 4) is 5.75 Å². The third-order valence-corrected chi connectivity index (χ3v) is 3.90. The topological polar surface area (TPSA) is 44.8 Å². The quantitative estimate of drug-likeness (QED) is 0.862. The summed E-state index contributed by atoms with van der Waals surface area (Å²) in [7, 11) is 3.96. The molecule has 0 unspecified atom stereocenters. The monoisotopic (exact) mass is 345 g/mol. The van der Waals surface area contributed by atoms with Gasteiger partial charge in [0, 0.05) is 25.2 Å². The Balaban J connectivity index is 1.93. The molecule has 1 aromatic carbocycles. The molecule has 2 rings (SSSR count). The molecule has 0 saturated carbocycles. The lowest BCUT2D eigenvalue weighted by molar-refractivity contribution is -0.0506. The molecule has 2 amide bonds. The number of nitrogens with zero attached hydrogens (tertiary/aromatic N) is 2. The zero-order valence-corrected chi connectivity index (χ0v) is 13.8. The van der Waals surface area contributed by atoms with Gasteiger partial charge in [0.15, 0.2) is 0 Å². The number of carbonyl (C=O) groups excluding carboxylic acids is 1. The number of nitrogens with one attached hydrogen (secondary N) is 1. The highest BCUT2D eigenvalue weighted by Gasteiger charge is 2.26. The summed E-state index contributed by atoms with van der Waals surface area (Å²) in [6.07, 6.45) is 0.908. The predicted octanol–water partition coefficient (Wildman–Crippen LogP) is 2.52. The van der Waals surface area contributed by atoms with Crippen LogP contribution in [0.5, 0.6) is 5.75 Å². The van der Waals surface area contributed by atoms with Gasteiger partial charge in [0.05, 0.1) is 6.54 Å². The summed E-state index contributed by atoms with van der Waals surface area (Å²) < 4.78 is 42.9. The first-order valence-corrected chi connectivity index (χ1v) is 7.76.